The monoisotopic (exact) mass is 283 g/mol. The normalized spacial score (nSPS) is 10.2. The number of rotatable bonds is 4. The van der Waals surface area contributed by atoms with Crippen LogP contribution in [0.1, 0.15) is 17.3 Å². The van der Waals surface area contributed by atoms with Crippen LogP contribution < -0.4 is 15.5 Å². The van der Waals surface area contributed by atoms with Crippen molar-refractivity contribution in [1.29, 1.82) is 0 Å². The largest absolute Gasteiger partial charge is 0.399 e. The zero-order valence-electron chi connectivity index (χ0n) is 12.7. The summed E-state index contributed by atoms with van der Waals surface area (Å²) in [5.41, 5.74) is 8.99. The fourth-order valence-electron chi connectivity index (χ4n) is 2.16. The van der Waals surface area contributed by atoms with E-state index in [-0.39, 0.29) is 5.91 Å². The summed E-state index contributed by atoms with van der Waals surface area (Å²) in [6.45, 7) is 2.57. The van der Waals surface area contributed by atoms with Crippen LogP contribution in [0, 0.1) is 0 Å². The molecule has 0 bridgehead atoms. The molecule has 0 saturated heterocycles. The first kappa shape index (κ1) is 14.9. The smallest absolute Gasteiger partial charge is 0.258 e. The number of anilines is 3. The Morgan fingerprint density at radius 1 is 0.952 bits per heavy atom. The van der Waals surface area contributed by atoms with E-state index in [1.54, 1.807) is 17.0 Å². The quantitative estimate of drug-likeness (QED) is 0.878. The number of hydrogen-bond donors (Lipinski definition) is 1. The average Bonchev–Trinajstić information content (AvgIpc) is 2.50. The van der Waals surface area contributed by atoms with Crippen molar-refractivity contribution in [1.82, 2.24) is 0 Å². The van der Waals surface area contributed by atoms with Gasteiger partial charge in [-0.2, -0.15) is 0 Å². The Kier molecular flexibility index (Phi) is 4.48. The van der Waals surface area contributed by atoms with Crippen molar-refractivity contribution in [2.45, 2.75) is 6.92 Å². The van der Waals surface area contributed by atoms with Gasteiger partial charge in [-0.1, -0.05) is 0 Å². The van der Waals surface area contributed by atoms with Crippen molar-refractivity contribution >= 4 is 23.0 Å². The summed E-state index contributed by atoms with van der Waals surface area (Å²) >= 11 is 0. The van der Waals surface area contributed by atoms with E-state index in [1.165, 1.54) is 0 Å². The molecule has 0 aromatic heterocycles. The summed E-state index contributed by atoms with van der Waals surface area (Å²) in [5.74, 6) is -0.00687. The second-order valence-electron chi connectivity index (χ2n) is 5.08. The van der Waals surface area contributed by atoms with Gasteiger partial charge in [0, 0.05) is 43.3 Å². The molecular weight excluding hydrogens is 262 g/mol. The van der Waals surface area contributed by atoms with Crippen LogP contribution in [0.2, 0.25) is 0 Å². The highest BCUT2D eigenvalue weighted by Gasteiger charge is 2.15. The molecule has 0 aliphatic rings. The van der Waals surface area contributed by atoms with Crippen LogP contribution in [0.25, 0.3) is 0 Å². The SMILES string of the molecule is CCN(C(=O)c1ccc(N(C)C)cc1)c1ccc(N)cc1. The lowest BCUT2D eigenvalue weighted by atomic mass is 10.1. The Morgan fingerprint density at radius 3 is 1.95 bits per heavy atom. The van der Waals surface area contributed by atoms with Crippen LogP contribution >= 0.6 is 0 Å². The molecule has 2 aromatic rings. The molecule has 4 nitrogen and oxygen atoms in total. The molecule has 0 aliphatic carbocycles. The number of carbonyl (C=O) groups is 1. The maximum Gasteiger partial charge on any atom is 0.258 e. The van der Waals surface area contributed by atoms with Gasteiger partial charge in [0.05, 0.1) is 0 Å². The molecule has 2 N–H and O–H groups in total. The number of hydrogen-bond acceptors (Lipinski definition) is 3. The van der Waals surface area contributed by atoms with Crippen LogP contribution in [-0.2, 0) is 0 Å². The van der Waals surface area contributed by atoms with E-state index in [1.807, 2.05) is 62.3 Å². The van der Waals surface area contributed by atoms with E-state index in [4.69, 9.17) is 5.73 Å². The standard InChI is InChI=1S/C17H21N3O/c1-4-20(16-11-7-14(18)8-12-16)17(21)13-5-9-15(10-6-13)19(2)3/h5-12H,4,18H2,1-3H3. The van der Waals surface area contributed by atoms with E-state index in [9.17, 15) is 4.79 Å². The molecule has 4 heteroatoms. The van der Waals surface area contributed by atoms with E-state index in [2.05, 4.69) is 0 Å². The molecule has 0 spiro atoms. The van der Waals surface area contributed by atoms with E-state index < -0.39 is 0 Å². The van der Waals surface area contributed by atoms with Gasteiger partial charge in [0.25, 0.3) is 5.91 Å². The number of amides is 1. The Morgan fingerprint density at radius 2 is 1.48 bits per heavy atom. The number of nitrogen functional groups attached to an aromatic ring is 1. The fourth-order valence-corrected chi connectivity index (χ4v) is 2.16. The number of benzene rings is 2. The summed E-state index contributed by atoms with van der Waals surface area (Å²) in [7, 11) is 3.95. The third-order valence-electron chi connectivity index (χ3n) is 3.40. The molecule has 0 unspecified atom stereocenters. The Balaban J connectivity index is 2.25. The second-order valence-corrected chi connectivity index (χ2v) is 5.08. The molecule has 110 valence electrons. The first-order chi connectivity index (χ1) is 10.0. The predicted octanol–water partition coefficient (Wildman–Crippen LogP) is 3.00. The number of nitrogens with two attached hydrogens (primary N) is 1. The number of carbonyl (C=O) groups excluding carboxylic acids is 1. The van der Waals surface area contributed by atoms with Gasteiger partial charge in [0.2, 0.25) is 0 Å². The zero-order valence-corrected chi connectivity index (χ0v) is 12.7. The van der Waals surface area contributed by atoms with Crippen molar-refractivity contribution in [3.63, 3.8) is 0 Å². The molecule has 1 amide bonds. The van der Waals surface area contributed by atoms with Gasteiger partial charge < -0.3 is 15.5 Å². The first-order valence-corrected chi connectivity index (χ1v) is 6.97. The maximum absolute atomic E-state index is 12.6. The van der Waals surface area contributed by atoms with Crippen LogP contribution in [0.4, 0.5) is 17.1 Å². The van der Waals surface area contributed by atoms with E-state index in [0.717, 1.165) is 11.4 Å². The first-order valence-electron chi connectivity index (χ1n) is 6.97. The van der Waals surface area contributed by atoms with Gasteiger partial charge in [-0.15, -0.1) is 0 Å². The van der Waals surface area contributed by atoms with Gasteiger partial charge in [-0.25, -0.2) is 0 Å². The summed E-state index contributed by atoms with van der Waals surface area (Å²) < 4.78 is 0. The molecule has 0 fully saturated rings. The van der Waals surface area contributed by atoms with Gasteiger partial charge in [0.1, 0.15) is 0 Å². The van der Waals surface area contributed by atoms with Crippen LogP contribution in [0.3, 0.4) is 0 Å². The highest BCUT2D eigenvalue weighted by Crippen LogP contribution is 2.20. The minimum atomic E-state index is -0.00687. The highest BCUT2D eigenvalue weighted by atomic mass is 16.2. The van der Waals surface area contributed by atoms with Gasteiger partial charge in [-0.3, -0.25) is 4.79 Å². The van der Waals surface area contributed by atoms with Crippen LogP contribution in [-0.4, -0.2) is 26.5 Å². The fraction of sp³-hybridized carbons (Fsp3) is 0.235. The van der Waals surface area contributed by atoms with E-state index >= 15 is 0 Å². The van der Waals surface area contributed by atoms with E-state index in [0.29, 0.717) is 17.8 Å². The molecule has 2 aromatic carbocycles. The predicted molar refractivity (Wildman–Crippen MR) is 89.0 cm³/mol. The minimum Gasteiger partial charge on any atom is -0.399 e. The number of nitrogens with zero attached hydrogens (tertiary/aromatic N) is 2. The van der Waals surface area contributed by atoms with Gasteiger partial charge in [0.15, 0.2) is 0 Å². The van der Waals surface area contributed by atoms with Crippen LogP contribution in [0.5, 0.6) is 0 Å². The Bertz CT molecular complexity index is 603. The van der Waals surface area contributed by atoms with Crippen molar-refractivity contribution in [2.24, 2.45) is 0 Å². The molecule has 0 atom stereocenters. The third kappa shape index (κ3) is 3.34. The molecule has 0 aliphatic heterocycles. The maximum atomic E-state index is 12.6. The van der Waals surface area contributed by atoms with Crippen molar-refractivity contribution < 1.29 is 4.79 Å². The summed E-state index contributed by atoms with van der Waals surface area (Å²) in [5, 5.41) is 0. The van der Waals surface area contributed by atoms with Crippen molar-refractivity contribution in [3.05, 3.63) is 54.1 Å². The van der Waals surface area contributed by atoms with Gasteiger partial charge >= 0.3 is 0 Å². The molecule has 2 rings (SSSR count). The molecular formula is C17H21N3O. The second kappa shape index (κ2) is 6.31. The molecule has 21 heavy (non-hydrogen) atoms. The van der Waals surface area contributed by atoms with Gasteiger partial charge in [-0.05, 0) is 55.5 Å². The lowest BCUT2D eigenvalue weighted by Gasteiger charge is -2.21. The lowest BCUT2D eigenvalue weighted by molar-refractivity contribution is 0.0988. The zero-order chi connectivity index (χ0) is 15.4. The summed E-state index contributed by atoms with van der Waals surface area (Å²) in [6, 6.07) is 15.0. The Labute approximate surface area is 125 Å². The lowest BCUT2D eigenvalue weighted by Crippen LogP contribution is -2.30. The highest BCUT2D eigenvalue weighted by molar-refractivity contribution is 6.06. The van der Waals surface area contributed by atoms with Crippen molar-refractivity contribution in [3.8, 4) is 0 Å². The summed E-state index contributed by atoms with van der Waals surface area (Å²) in [4.78, 5) is 16.4. The van der Waals surface area contributed by atoms with Crippen molar-refractivity contribution in [2.75, 3.05) is 36.2 Å². The average molecular weight is 283 g/mol. The third-order valence-corrected chi connectivity index (χ3v) is 3.40. The molecule has 0 saturated carbocycles. The minimum absolute atomic E-state index is 0.00687. The molecule has 0 radical (unpaired) electrons. The molecule has 0 heterocycles. The Hall–Kier alpha value is -2.49. The summed E-state index contributed by atoms with van der Waals surface area (Å²) in [6.07, 6.45) is 0. The van der Waals surface area contributed by atoms with Crippen LogP contribution in [0.15, 0.2) is 48.5 Å². The topological polar surface area (TPSA) is 49.6 Å².